The molecule has 0 aliphatic rings. The molecule has 0 aliphatic carbocycles. The van der Waals surface area contributed by atoms with E-state index in [1.54, 1.807) is 35.0 Å². The fourth-order valence-corrected chi connectivity index (χ4v) is 3.13. The zero-order valence-corrected chi connectivity index (χ0v) is 12.4. The van der Waals surface area contributed by atoms with E-state index in [0.29, 0.717) is 22.7 Å². The summed E-state index contributed by atoms with van der Waals surface area (Å²) < 4.78 is 25.6. The number of aromatic nitrogens is 3. The van der Waals surface area contributed by atoms with E-state index in [-0.39, 0.29) is 4.90 Å². The summed E-state index contributed by atoms with van der Waals surface area (Å²) in [5.41, 5.74) is 8.12. The van der Waals surface area contributed by atoms with Gasteiger partial charge in [-0.15, -0.1) is 0 Å². The summed E-state index contributed by atoms with van der Waals surface area (Å²) in [6.07, 6.45) is 2.80. The highest BCUT2D eigenvalue weighted by molar-refractivity contribution is 7.91. The van der Waals surface area contributed by atoms with Gasteiger partial charge in [0.05, 0.1) is 16.1 Å². The summed E-state index contributed by atoms with van der Waals surface area (Å²) in [6, 6.07) is 8.55. The number of benzene rings is 1. The summed E-state index contributed by atoms with van der Waals surface area (Å²) >= 11 is 0. The van der Waals surface area contributed by atoms with E-state index in [4.69, 9.17) is 5.73 Å². The lowest BCUT2D eigenvalue weighted by Gasteiger charge is -2.04. The molecule has 0 unspecified atom stereocenters. The van der Waals surface area contributed by atoms with Crippen molar-refractivity contribution < 1.29 is 8.42 Å². The van der Waals surface area contributed by atoms with Crippen LogP contribution in [0.4, 0.5) is 5.69 Å². The number of hydrogen-bond acceptors (Lipinski definition) is 5. The predicted molar refractivity (Wildman–Crippen MR) is 81.5 cm³/mol. The van der Waals surface area contributed by atoms with E-state index >= 15 is 0 Å². The summed E-state index contributed by atoms with van der Waals surface area (Å²) in [4.78, 5) is 8.89. The molecule has 0 saturated heterocycles. The van der Waals surface area contributed by atoms with Gasteiger partial charge in [-0.25, -0.2) is 13.4 Å². The minimum absolute atomic E-state index is 0.205. The van der Waals surface area contributed by atoms with Crippen LogP contribution in [0, 0.1) is 0 Å². The topological polar surface area (TPSA) is 90.9 Å². The zero-order chi connectivity index (χ0) is 15.2. The molecular formula is C14H14N4O2S. The molecule has 108 valence electrons. The first kappa shape index (κ1) is 13.6. The van der Waals surface area contributed by atoms with Crippen LogP contribution in [0.2, 0.25) is 0 Å². The van der Waals surface area contributed by atoms with Crippen LogP contribution in [0.1, 0.15) is 0 Å². The average molecular weight is 302 g/mol. The van der Waals surface area contributed by atoms with Crippen molar-refractivity contribution in [3.8, 4) is 11.5 Å². The Balaban J connectivity index is 2.38. The first-order valence-corrected chi connectivity index (χ1v) is 8.15. The van der Waals surface area contributed by atoms with Crippen LogP contribution in [0.25, 0.3) is 22.6 Å². The monoisotopic (exact) mass is 302 g/mol. The molecule has 7 heteroatoms. The van der Waals surface area contributed by atoms with E-state index in [1.165, 1.54) is 6.26 Å². The molecule has 1 aromatic carbocycles. The van der Waals surface area contributed by atoms with Crippen molar-refractivity contribution in [2.24, 2.45) is 7.05 Å². The molecule has 2 heterocycles. The van der Waals surface area contributed by atoms with E-state index in [9.17, 15) is 8.42 Å². The lowest BCUT2D eigenvalue weighted by Crippen LogP contribution is -1.98. The van der Waals surface area contributed by atoms with Crippen molar-refractivity contribution in [2.45, 2.75) is 4.90 Å². The number of fused-ring (bicyclic) bond motifs is 1. The Bertz CT molecular complexity index is 945. The maximum atomic E-state index is 11.9. The number of aryl methyl sites for hydroxylation is 1. The number of nitrogens with zero attached hydrogens (tertiary/aromatic N) is 3. The normalized spacial score (nSPS) is 11.9. The molecule has 2 aromatic heterocycles. The van der Waals surface area contributed by atoms with Crippen LogP contribution in [0.15, 0.2) is 41.4 Å². The van der Waals surface area contributed by atoms with E-state index in [2.05, 4.69) is 9.97 Å². The number of hydrogen-bond donors (Lipinski definition) is 1. The number of imidazole rings is 1. The van der Waals surface area contributed by atoms with Crippen LogP contribution in [0.3, 0.4) is 0 Å². The highest BCUT2D eigenvalue weighted by atomic mass is 32.2. The van der Waals surface area contributed by atoms with Crippen molar-refractivity contribution >= 4 is 26.6 Å². The van der Waals surface area contributed by atoms with Gasteiger partial charge in [0.1, 0.15) is 11.2 Å². The zero-order valence-electron chi connectivity index (χ0n) is 11.6. The van der Waals surface area contributed by atoms with Crippen LogP contribution in [-0.4, -0.2) is 29.2 Å². The van der Waals surface area contributed by atoms with E-state index in [0.717, 1.165) is 5.52 Å². The van der Waals surface area contributed by atoms with Crippen molar-refractivity contribution in [3.63, 3.8) is 0 Å². The quantitative estimate of drug-likeness (QED) is 0.776. The highest BCUT2D eigenvalue weighted by Gasteiger charge is 2.19. The fraction of sp³-hybridized carbons (Fsp3) is 0.143. The maximum Gasteiger partial charge on any atom is 0.177 e. The summed E-state index contributed by atoms with van der Waals surface area (Å²) in [6.45, 7) is 0. The minimum Gasteiger partial charge on any atom is -0.397 e. The average Bonchev–Trinajstić information content (AvgIpc) is 2.76. The second kappa shape index (κ2) is 4.56. The Hall–Kier alpha value is -2.41. The van der Waals surface area contributed by atoms with Gasteiger partial charge >= 0.3 is 0 Å². The lowest BCUT2D eigenvalue weighted by atomic mass is 10.3. The van der Waals surface area contributed by atoms with Crippen LogP contribution < -0.4 is 5.73 Å². The van der Waals surface area contributed by atoms with Gasteiger partial charge in [-0.1, -0.05) is 6.07 Å². The number of nitrogens with two attached hydrogens (primary N) is 1. The smallest absolute Gasteiger partial charge is 0.177 e. The van der Waals surface area contributed by atoms with Gasteiger partial charge in [0.25, 0.3) is 0 Å². The molecule has 0 amide bonds. The SMILES string of the molecule is Cn1c(-c2ncccc2N)nc2c(S(C)(=O)=O)cccc21. The first-order chi connectivity index (χ1) is 9.89. The molecule has 3 rings (SSSR count). The molecular weight excluding hydrogens is 288 g/mol. The van der Waals surface area contributed by atoms with E-state index in [1.807, 2.05) is 13.1 Å². The summed E-state index contributed by atoms with van der Waals surface area (Å²) in [5.74, 6) is 0.541. The maximum absolute atomic E-state index is 11.9. The number of nitrogen functional groups attached to an aromatic ring is 1. The molecule has 0 bridgehead atoms. The second-order valence-electron chi connectivity index (χ2n) is 4.83. The molecule has 0 fully saturated rings. The van der Waals surface area contributed by atoms with Crippen LogP contribution in [0.5, 0.6) is 0 Å². The molecule has 0 saturated carbocycles. The van der Waals surface area contributed by atoms with Crippen molar-refractivity contribution in [3.05, 3.63) is 36.5 Å². The molecule has 3 aromatic rings. The summed E-state index contributed by atoms with van der Waals surface area (Å²) in [7, 11) is -1.54. The van der Waals surface area contributed by atoms with Gasteiger partial charge in [-0.05, 0) is 24.3 Å². The number of pyridine rings is 1. The Morgan fingerprint density at radius 2 is 1.95 bits per heavy atom. The Morgan fingerprint density at radius 1 is 1.19 bits per heavy atom. The van der Waals surface area contributed by atoms with Crippen LogP contribution in [-0.2, 0) is 16.9 Å². The van der Waals surface area contributed by atoms with Gasteiger partial charge < -0.3 is 10.3 Å². The summed E-state index contributed by atoms with van der Waals surface area (Å²) in [5, 5.41) is 0. The second-order valence-corrected chi connectivity index (χ2v) is 6.82. The number of para-hydroxylation sites is 1. The molecule has 0 spiro atoms. The standard InChI is InChI=1S/C14H14N4O2S/c1-18-10-6-3-7-11(21(2,19)20)13(10)17-14(18)12-9(15)5-4-8-16-12/h3-8H,15H2,1-2H3. The Kier molecular flexibility index (Phi) is 2.94. The lowest BCUT2D eigenvalue weighted by molar-refractivity contribution is 0.602. The number of anilines is 1. The molecule has 0 radical (unpaired) electrons. The number of rotatable bonds is 2. The Morgan fingerprint density at radius 3 is 2.62 bits per heavy atom. The predicted octanol–water partition coefficient (Wildman–Crippen LogP) is 1.62. The molecule has 0 atom stereocenters. The van der Waals surface area contributed by atoms with Crippen molar-refractivity contribution in [2.75, 3.05) is 12.0 Å². The molecule has 2 N–H and O–H groups in total. The third kappa shape index (κ3) is 2.15. The molecule has 0 aliphatic heterocycles. The van der Waals surface area contributed by atoms with Gasteiger partial charge in [-0.2, -0.15) is 0 Å². The van der Waals surface area contributed by atoms with Crippen molar-refractivity contribution in [1.82, 2.24) is 14.5 Å². The molecule has 21 heavy (non-hydrogen) atoms. The number of sulfone groups is 1. The minimum atomic E-state index is -3.35. The Labute approximate surface area is 122 Å². The van der Waals surface area contributed by atoms with Crippen molar-refractivity contribution in [1.29, 1.82) is 0 Å². The van der Waals surface area contributed by atoms with Gasteiger partial charge in [-0.3, -0.25) is 4.98 Å². The fourth-order valence-electron chi connectivity index (χ4n) is 2.30. The van der Waals surface area contributed by atoms with Gasteiger partial charge in [0.2, 0.25) is 0 Å². The highest BCUT2D eigenvalue weighted by Crippen LogP contribution is 2.29. The first-order valence-electron chi connectivity index (χ1n) is 6.26. The molecule has 6 nitrogen and oxygen atoms in total. The van der Waals surface area contributed by atoms with E-state index < -0.39 is 9.84 Å². The van der Waals surface area contributed by atoms with Crippen LogP contribution >= 0.6 is 0 Å². The third-order valence-corrected chi connectivity index (χ3v) is 4.45. The third-order valence-electron chi connectivity index (χ3n) is 3.32. The van der Waals surface area contributed by atoms with Gasteiger partial charge in [0, 0.05) is 19.5 Å². The largest absolute Gasteiger partial charge is 0.397 e. The van der Waals surface area contributed by atoms with Gasteiger partial charge in [0.15, 0.2) is 15.7 Å².